The quantitative estimate of drug-likeness (QED) is 0.113. The zero-order valence-electron chi connectivity index (χ0n) is 33.4. The summed E-state index contributed by atoms with van der Waals surface area (Å²) in [5, 5.41) is 10.4. The first kappa shape index (κ1) is 43.6. The molecule has 1 aromatic carbocycles. The Bertz CT molecular complexity index is 1680. The summed E-state index contributed by atoms with van der Waals surface area (Å²) in [4.78, 5) is 98.0. The fourth-order valence-electron chi connectivity index (χ4n) is 7.09. The summed E-state index contributed by atoms with van der Waals surface area (Å²) in [5.74, 6) is -4.21. The van der Waals surface area contributed by atoms with Gasteiger partial charge in [-0.2, -0.15) is 0 Å². The van der Waals surface area contributed by atoms with Crippen molar-refractivity contribution < 1.29 is 38.3 Å². The third-order valence-corrected chi connectivity index (χ3v) is 10.3. The van der Waals surface area contributed by atoms with Crippen LogP contribution in [0.3, 0.4) is 0 Å². The minimum absolute atomic E-state index is 0.0574. The molecule has 2 aliphatic carbocycles. The van der Waals surface area contributed by atoms with Gasteiger partial charge in [-0.05, 0) is 43.7 Å². The van der Waals surface area contributed by atoms with E-state index in [-0.39, 0.29) is 43.3 Å². The first-order valence-electron chi connectivity index (χ1n) is 19.9. The molecular weight excluding hydrogens is 718 g/mol. The van der Waals surface area contributed by atoms with Crippen LogP contribution in [0.2, 0.25) is 0 Å². The normalized spacial score (nSPS) is 21.8. The summed E-state index contributed by atoms with van der Waals surface area (Å²) in [6, 6.07) is 3.11. The van der Waals surface area contributed by atoms with Gasteiger partial charge in [0, 0.05) is 18.7 Å². The van der Waals surface area contributed by atoms with E-state index in [0.29, 0.717) is 17.7 Å². The number of aliphatic imine (C=N–C) groups is 1. The molecule has 1 saturated heterocycles. The Hall–Kier alpha value is -5.08. The van der Waals surface area contributed by atoms with Crippen LogP contribution in [-0.2, 0) is 28.8 Å². The fraction of sp³-hybridized carbons (Fsp3) is 0.610. The number of rotatable bonds is 13. The smallest absolute Gasteiger partial charge is 0.289 e. The molecule has 1 spiro atoms. The number of likely N-dealkylation sites (tertiary alicyclic amines) is 1. The van der Waals surface area contributed by atoms with E-state index in [1.165, 1.54) is 49.6 Å². The summed E-state index contributed by atoms with van der Waals surface area (Å²) >= 11 is 0. The maximum atomic E-state index is 14.5. The van der Waals surface area contributed by atoms with Crippen molar-refractivity contribution in [1.29, 1.82) is 0 Å². The highest BCUT2D eigenvalue weighted by Gasteiger charge is 2.55. The summed E-state index contributed by atoms with van der Waals surface area (Å²) < 4.78 is 6.37. The van der Waals surface area contributed by atoms with Crippen LogP contribution < -0.4 is 31.7 Å². The molecule has 2 saturated carbocycles. The maximum absolute atomic E-state index is 14.5. The molecule has 4 aliphatic rings. The Morgan fingerprint density at radius 1 is 1.00 bits per heavy atom. The minimum Gasteiger partial charge on any atom is -0.484 e. The van der Waals surface area contributed by atoms with Crippen LogP contribution in [0, 0.1) is 5.41 Å². The van der Waals surface area contributed by atoms with Gasteiger partial charge in [-0.3, -0.25) is 38.6 Å². The van der Waals surface area contributed by atoms with Crippen LogP contribution in [0.1, 0.15) is 122 Å². The third kappa shape index (κ3) is 12.0. The summed E-state index contributed by atoms with van der Waals surface area (Å²) in [7, 11) is 0. The molecule has 4 atom stereocenters. The molecule has 0 aromatic heterocycles. The molecule has 56 heavy (non-hydrogen) atoms. The molecule has 5 amide bonds. The number of nitrogens with one attached hydrogen (secondary N) is 4. The lowest BCUT2D eigenvalue weighted by Crippen LogP contribution is -2.60. The van der Waals surface area contributed by atoms with Gasteiger partial charge in [-0.1, -0.05) is 84.8 Å². The van der Waals surface area contributed by atoms with Crippen LogP contribution in [0.15, 0.2) is 41.2 Å². The second-order valence-electron chi connectivity index (χ2n) is 16.2. The van der Waals surface area contributed by atoms with Crippen molar-refractivity contribution >= 4 is 47.3 Å². The molecule has 6 N–H and O–H groups in total. The fourth-order valence-corrected chi connectivity index (χ4v) is 7.09. The average molecular weight is 778 g/mol. The maximum Gasteiger partial charge on any atom is 0.289 e. The van der Waals surface area contributed by atoms with Crippen LogP contribution in [0.5, 0.6) is 5.75 Å². The van der Waals surface area contributed by atoms with Gasteiger partial charge in [0.05, 0.1) is 37.3 Å². The predicted octanol–water partition coefficient (Wildman–Crippen LogP) is 3.00. The molecule has 5 rings (SSSR count). The van der Waals surface area contributed by atoms with Crippen molar-refractivity contribution in [2.24, 2.45) is 16.1 Å². The minimum atomic E-state index is -1.28. The van der Waals surface area contributed by atoms with Crippen molar-refractivity contribution in [3.8, 4) is 5.75 Å². The number of ketones is 2. The molecular formula is C41H59N7O8. The number of amides is 5. The molecule has 1 aromatic rings. The number of carbonyl (C=O) groups is 7. The summed E-state index contributed by atoms with van der Waals surface area (Å²) in [6.45, 7) is 7.96. The monoisotopic (exact) mass is 777 g/mol. The molecule has 15 nitrogen and oxygen atoms in total. The Kier molecular flexibility index (Phi) is 15.3. The lowest BCUT2D eigenvalue weighted by Gasteiger charge is -2.37. The third-order valence-electron chi connectivity index (χ3n) is 10.3. The predicted molar refractivity (Wildman–Crippen MR) is 210 cm³/mol. The van der Waals surface area contributed by atoms with E-state index < -0.39 is 71.0 Å². The molecule has 0 bridgehead atoms. The SMILES string of the molecule is C1CCCCC1.CC=N/C=C(\N)C(=O)NCC(=O)NC(C(=O)N1CC2(CC(=O)c3ccccc3O2)CC1C(=O)NC(CCC)C(=O)C(=O)NC1CC1)C(C)(C)C. The molecule has 15 heteroatoms. The highest BCUT2D eigenvalue weighted by atomic mass is 16.5. The number of nitrogens with two attached hydrogens (primary N) is 1. The number of benzene rings is 1. The summed E-state index contributed by atoms with van der Waals surface area (Å²) in [6.07, 6.45) is 13.6. The topological polar surface area (TPSA) is 218 Å². The number of carbonyl (C=O) groups excluding carboxylic acids is 7. The number of hydrogen-bond acceptors (Lipinski definition) is 10. The lowest BCUT2D eigenvalue weighted by atomic mass is 9.85. The van der Waals surface area contributed by atoms with Gasteiger partial charge in [0.1, 0.15) is 29.1 Å². The Balaban J connectivity index is 0.00000106. The first-order valence-corrected chi connectivity index (χ1v) is 19.9. The van der Waals surface area contributed by atoms with E-state index in [9.17, 15) is 33.6 Å². The highest BCUT2D eigenvalue weighted by Crippen LogP contribution is 2.42. The largest absolute Gasteiger partial charge is 0.484 e. The van der Waals surface area contributed by atoms with E-state index in [2.05, 4.69) is 26.3 Å². The molecule has 2 heterocycles. The van der Waals surface area contributed by atoms with Crippen molar-refractivity contribution in [1.82, 2.24) is 26.2 Å². The number of nitrogens with zero attached hydrogens (tertiary/aromatic N) is 2. The number of hydrogen-bond donors (Lipinski definition) is 5. The van der Waals surface area contributed by atoms with E-state index in [1.54, 1.807) is 52.0 Å². The number of para-hydroxylation sites is 1. The number of fused-ring (bicyclic) bond motifs is 1. The zero-order valence-corrected chi connectivity index (χ0v) is 33.4. The molecule has 3 fully saturated rings. The molecule has 306 valence electrons. The van der Waals surface area contributed by atoms with Gasteiger partial charge in [0.15, 0.2) is 5.78 Å². The second kappa shape index (κ2) is 19.7. The molecule has 4 unspecified atom stereocenters. The molecule has 2 aliphatic heterocycles. The number of ether oxygens (including phenoxy) is 1. The highest BCUT2D eigenvalue weighted by molar-refractivity contribution is 6.38. The van der Waals surface area contributed by atoms with Crippen molar-refractivity contribution in [3.63, 3.8) is 0 Å². The van der Waals surface area contributed by atoms with Gasteiger partial charge < -0.3 is 36.6 Å². The lowest BCUT2D eigenvalue weighted by molar-refractivity contribution is -0.145. The van der Waals surface area contributed by atoms with Crippen molar-refractivity contribution in [2.75, 3.05) is 13.1 Å². The van der Waals surface area contributed by atoms with Crippen LogP contribution in [-0.4, -0.2) is 95.1 Å². The number of Topliss-reactive ketones (excluding diaryl/α,β-unsaturated/α-hetero) is 2. The van der Waals surface area contributed by atoms with Gasteiger partial charge in [-0.25, -0.2) is 0 Å². The van der Waals surface area contributed by atoms with E-state index >= 15 is 0 Å². The van der Waals surface area contributed by atoms with Crippen molar-refractivity contribution in [2.45, 2.75) is 141 Å². The standard InChI is InChI=1S/C35H47N7O8.C6H12/c1-6-10-23(28(45)32(48)39-20-13-14-20)40-31(47)24-15-35(16-25(43)21-11-8-9-12-26(21)50-35)19-42(24)33(49)29(34(3,4)5)41-27(44)18-38-30(46)22(36)17-37-7-2;1-2-4-6-5-3-1/h7-9,11-12,17,20,23-24,29H,6,10,13-16,18-19,36H2,1-5H3,(H,38,46)(H,39,48)(H,40,47)(H,41,44);1-6H2/b22-17-,37-7?;. The van der Waals surface area contributed by atoms with E-state index in [4.69, 9.17) is 10.5 Å². The average Bonchev–Trinajstić information content (AvgIpc) is 3.92. The Morgan fingerprint density at radius 2 is 1.64 bits per heavy atom. The Labute approximate surface area is 329 Å². The van der Waals surface area contributed by atoms with Crippen molar-refractivity contribution in [3.05, 3.63) is 41.7 Å². The summed E-state index contributed by atoms with van der Waals surface area (Å²) in [5.41, 5.74) is 3.68. The second-order valence-corrected chi connectivity index (χ2v) is 16.2. The Morgan fingerprint density at radius 3 is 2.23 bits per heavy atom. The van der Waals surface area contributed by atoms with Gasteiger partial charge >= 0.3 is 0 Å². The van der Waals surface area contributed by atoms with Gasteiger partial charge in [0.25, 0.3) is 11.8 Å². The van der Waals surface area contributed by atoms with E-state index in [0.717, 1.165) is 19.0 Å². The van der Waals surface area contributed by atoms with Gasteiger partial charge in [-0.15, -0.1) is 0 Å². The van der Waals surface area contributed by atoms with Crippen LogP contribution >= 0.6 is 0 Å². The molecule has 0 radical (unpaired) electrons. The van der Waals surface area contributed by atoms with Gasteiger partial charge in [0.2, 0.25) is 23.5 Å². The van der Waals surface area contributed by atoms with Crippen LogP contribution in [0.25, 0.3) is 0 Å². The van der Waals surface area contributed by atoms with Crippen LogP contribution in [0.4, 0.5) is 0 Å². The first-order chi connectivity index (χ1) is 26.6. The van der Waals surface area contributed by atoms with E-state index in [1.807, 2.05) is 6.92 Å². The zero-order chi connectivity index (χ0) is 41.0.